The van der Waals surface area contributed by atoms with Gasteiger partial charge in [-0.2, -0.15) is 0 Å². The number of fused-ring (bicyclic) bond motifs is 1. The van der Waals surface area contributed by atoms with Gasteiger partial charge in [0.2, 0.25) is 0 Å². The van der Waals surface area contributed by atoms with Crippen LogP contribution in [0.3, 0.4) is 0 Å². The van der Waals surface area contributed by atoms with Gasteiger partial charge in [-0.25, -0.2) is 9.97 Å². The van der Waals surface area contributed by atoms with Gasteiger partial charge in [-0.3, -0.25) is 0 Å². The van der Waals surface area contributed by atoms with Gasteiger partial charge in [0.05, 0.1) is 9.77 Å². The first-order valence-electron chi connectivity index (χ1n) is 9.57. The van der Waals surface area contributed by atoms with Gasteiger partial charge >= 0.3 is 0 Å². The summed E-state index contributed by atoms with van der Waals surface area (Å²) in [5.41, 5.74) is 4.37. The number of benzene rings is 3. The zero-order chi connectivity index (χ0) is 20.6. The molecule has 146 valence electrons. The molecular weight excluding hydrogens is 505 g/mol. The van der Waals surface area contributed by atoms with E-state index in [-0.39, 0.29) is 0 Å². The Labute approximate surface area is 193 Å². The van der Waals surface area contributed by atoms with Crippen molar-refractivity contribution in [3.05, 3.63) is 129 Å². The van der Waals surface area contributed by atoms with Gasteiger partial charge in [0, 0.05) is 6.20 Å². The maximum atomic E-state index is 6.30. The molecule has 0 unspecified atom stereocenters. The molecule has 3 aromatic carbocycles. The second-order valence-corrected chi connectivity index (χ2v) is 8.57. The molecule has 0 saturated heterocycles. The van der Waals surface area contributed by atoms with Crippen molar-refractivity contribution in [3.63, 3.8) is 0 Å². The van der Waals surface area contributed by atoms with E-state index >= 15 is 0 Å². The molecule has 2 heterocycles. The van der Waals surface area contributed by atoms with E-state index in [0.29, 0.717) is 5.15 Å². The van der Waals surface area contributed by atoms with Crippen LogP contribution in [0.1, 0.15) is 16.7 Å². The van der Waals surface area contributed by atoms with E-state index < -0.39 is 5.54 Å². The van der Waals surface area contributed by atoms with Gasteiger partial charge in [0.1, 0.15) is 16.2 Å². The summed E-state index contributed by atoms with van der Waals surface area (Å²) in [6.07, 6.45) is 3.72. The first-order valence-corrected chi connectivity index (χ1v) is 11.0. The van der Waals surface area contributed by atoms with Crippen LogP contribution in [0.15, 0.2) is 103 Å². The van der Waals surface area contributed by atoms with E-state index in [1.807, 2.05) is 18.2 Å². The molecule has 0 aliphatic heterocycles. The van der Waals surface area contributed by atoms with Crippen molar-refractivity contribution in [2.45, 2.75) is 5.54 Å². The van der Waals surface area contributed by atoms with Crippen molar-refractivity contribution in [3.8, 4) is 0 Å². The summed E-state index contributed by atoms with van der Waals surface area (Å²) in [6, 6.07) is 31.5. The zero-order valence-corrected chi connectivity index (χ0v) is 18.8. The standard InChI is InChI=1S/C25H17ClIN3/c26-22-16-28-23-21(27)17-30(24(23)29-22)25(18-10-4-1-5-11-18,19-12-6-2-7-13-19)20-14-8-3-9-15-20/h1-17H. The topological polar surface area (TPSA) is 30.7 Å². The molecule has 0 radical (unpaired) electrons. The summed E-state index contributed by atoms with van der Waals surface area (Å²) >= 11 is 8.62. The first kappa shape index (κ1) is 19.3. The summed E-state index contributed by atoms with van der Waals surface area (Å²) < 4.78 is 3.24. The Morgan fingerprint density at radius 3 is 1.67 bits per heavy atom. The van der Waals surface area contributed by atoms with Crippen LogP contribution in [-0.2, 0) is 5.54 Å². The second kappa shape index (κ2) is 7.85. The molecule has 5 rings (SSSR count). The van der Waals surface area contributed by atoms with Crippen LogP contribution >= 0.6 is 34.2 Å². The molecular formula is C25H17ClIN3. The van der Waals surface area contributed by atoms with Crippen molar-refractivity contribution in [2.75, 3.05) is 0 Å². The molecule has 0 aliphatic carbocycles. The highest BCUT2D eigenvalue weighted by Crippen LogP contribution is 2.43. The number of halogens is 2. The molecule has 5 aromatic rings. The zero-order valence-electron chi connectivity index (χ0n) is 15.9. The molecule has 30 heavy (non-hydrogen) atoms. The number of hydrogen-bond donors (Lipinski definition) is 0. The van der Waals surface area contributed by atoms with Crippen LogP contribution in [0.4, 0.5) is 0 Å². The Balaban J connectivity index is 1.99. The molecule has 0 amide bonds. The van der Waals surface area contributed by atoms with Crippen molar-refractivity contribution in [1.82, 2.24) is 14.5 Å². The molecule has 5 heteroatoms. The average Bonchev–Trinajstić information content (AvgIpc) is 3.12. The lowest BCUT2D eigenvalue weighted by Crippen LogP contribution is -2.37. The largest absolute Gasteiger partial charge is 0.311 e. The van der Waals surface area contributed by atoms with Gasteiger partial charge in [-0.1, -0.05) is 103 Å². The predicted molar refractivity (Wildman–Crippen MR) is 130 cm³/mol. The van der Waals surface area contributed by atoms with Gasteiger partial charge < -0.3 is 4.57 Å². The van der Waals surface area contributed by atoms with Crippen LogP contribution in [0.25, 0.3) is 11.2 Å². The highest BCUT2D eigenvalue weighted by Gasteiger charge is 2.40. The van der Waals surface area contributed by atoms with Crippen LogP contribution < -0.4 is 0 Å². The number of hydrogen-bond acceptors (Lipinski definition) is 2. The Bertz CT molecular complexity index is 1210. The van der Waals surface area contributed by atoms with Crippen LogP contribution in [0, 0.1) is 3.57 Å². The molecule has 0 saturated carbocycles. The summed E-state index contributed by atoms with van der Waals surface area (Å²) in [5.74, 6) is 0. The molecule has 0 spiro atoms. The lowest BCUT2D eigenvalue weighted by molar-refractivity contribution is 0.529. The maximum absolute atomic E-state index is 6.30. The van der Waals surface area contributed by atoms with Crippen LogP contribution in [0.5, 0.6) is 0 Å². The average molecular weight is 522 g/mol. The van der Waals surface area contributed by atoms with E-state index in [4.69, 9.17) is 16.6 Å². The van der Waals surface area contributed by atoms with E-state index in [0.717, 1.165) is 31.4 Å². The third-order valence-corrected chi connectivity index (χ3v) is 6.33. The Morgan fingerprint density at radius 2 is 1.20 bits per heavy atom. The van der Waals surface area contributed by atoms with E-state index in [1.54, 1.807) is 6.20 Å². The highest BCUT2D eigenvalue weighted by atomic mass is 127. The molecule has 0 bridgehead atoms. The lowest BCUT2D eigenvalue weighted by atomic mass is 9.76. The quantitative estimate of drug-likeness (QED) is 0.199. The molecule has 3 nitrogen and oxygen atoms in total. The Morgan fingerprint density at radius 1 is 0.733 bits per heavy atom. The minimum atomic E-state index is -0.634. The third-order valence-electron chi connectivity index (χ3n) is 5.36. The van der Waals surface area contributed by atoms with Crippen LogP contribution in [0.2, 0.25) is 5.15 Å². The SMILES string of the molecule is Clc1cnc2c(I)cn(C(c3ccccc3)(c3ccccc3)c3ccccc3)c2n1. The molecule has 0 N–H and O–H groups in total. The summed E-state index contributed by atoms with van der Waals surface area (Å²) in [6.45, 7) is 0. The Kier molecular flexibility index (Phi) is 5.05. The van der Waals surface area contributed by atoms with Gasteiger partial charge in [-0.15, -0.1) is 0 Å². The number of rotatable bonds is 4. The van der Waals surface area contributed by atoms with E-state index in [1.165, 1.54) is 0 Å². The number of nitrogens with zero attached hydrogens (tertiary/aromatic N) is 3. The lowest BCUT2D eigenvalue weighted by Gasteiger charge is -2.38. The van der Waals surface area contributed by atoms with Crippen molar-refractivity contribution >= 4 is 45.4 Å². The van der Waals surface area contributed by atoms with Crippen molar-refractivity contribution < 1.29 is 0 Å². The molecule has 2 aromatic heterocycles. The van der Waals surface area contributed by atoms with Crippen molar-refractivity contribution in [2.24, 2.45) is 0 Å². The maximum Gasteiger partial charge on any atom is 0.162 e. The summed E-state index contributed by atoms with van der Waals surface area (Å²) in [5, 5.41) is 0.376. The van der Waals surface area contributed by atoms with Gasteiger partial charge in [0.25, 0.3) is 0 Å². The normalized spacial score (nSPS) is 11.7. The fourth-order valence-electron chi connectivity index (χ4n) is 4.14. The van der Waals surface area contributed by atoms with E-state index in [9.17, 15) is 0 Å². The monoisotopic (exact) mass is 521 g/mol. The minimum absolute atomic E-state index is 0.376. The fraction of sp³-hybridized carbons (Fsp3) is 0.0400. The molecule has 0 fully saturated rings. The molecule has 0 aliphatic rings. The van der Waals surface area contributed by atoms with Crippen LogP contribution in [-0.4, -0.2) is 14.5 Å². The molecule has 0 atom stereocenters. The predicted octanol–water partition coefficient (Wildman–Crippen LogP) is 6.53. The minimum Gasteiger partial charge on any atom is -0.311 e. The third kappa shape index (κ3) is 3.02. The first-order chi connectivity index (χ1) is 14.7. The van der Waals surface area contributed by atoms with E-state index in [2.05, 4.69) is 111 Å². The summed E-state index contributed by atoms with van der Waals surface area (Å²) in [4.78, 5) is 9.27. The Hall–Kier alpha value is -2.70. The highest BCUT2D eigenvalue weighted by molar-refractivity contribution is 14.1. The smallest absolute Gasteiger partial charge is 0.162 e. The number of aromatic nitrogens is 3. The van der Waals surface area contributed by atoms with Gasteiger partial charge in [-0.05, 0) is 39.3 Å². The second-order valence-electron chi connectivity index (χ2n) is 7.02. The summed E-state index contributed by atoms with van der Waals surface area (Å²) in [7, 11) is 0. The fourth-order valence-corrected chi connectivity index (χ4v) is 4.93. The van der Waals surface area contributed by atoms with Gasteiger partial charge in [0.15, 0.2) is 5.65 Å². The van der Waals surface area contributed by atoms with Crippen molar-refractivity contribution in [1.29, 1.82) is 0 Å².